The molecule has 1 fully saturated rings. The van der Waals surface area contributed by atoms with E-state index in [1.807, 2.05) is 25.1 Å². The van der Waals surface area contributed by atoms with Gasteiger partial charge in [-0.25, -0.2) is 0 Å². The van der Waals surface area contributed by atoms with Crippen molar-refractivity contribution in [2.45, 2.75) is 13.3 Å². The minimum absolute atomic E-state index is 0.0351. The highest BCUT2D eigenvalue weighted by Gasteiger charge is 2.16. The number of anilines is 1. The third-order valence-electron chi connectivity index (χ3n) is 3.53. The van der Waals surface area contributed by atoms with Gasteiger partial charge in [-0.1, -0.05) is 6.07 Å². The molecule has 0 aliphatic carbocycles. The number of hydrogen-bond acceptors (Lipinski definition) is 3. The number of amides is 1. The number of ether oxygens (including phenoxy) is 2. The van der Waals surface area contributed by atoms with Crippen LogP contribution in [0.2, 0.25) is 0 Å². The standard InChI is InChI=1S/C15H22N2O3/c1-12-3-4-14(19-2)13(11-12)16-15(18)5-6-17-7-9-20-10-8-17/h3-4,11H,5-10H2,1-2H3,(H,16,18)/p+1. The van der Waals surface area contributed by atoms with Gasteiger partial charge in [-0.3, -0.25) is 4.79 Å². The Morgan fingerprint density at radius 1 is 1.40 bits per heavy atom. The van der Waals surface area contributed by atoms with Gasteiger partial charge < -0.3 is 19.7 Å². The SMILES string of the molecule is COc1ccc(C)cc1NC(=O)CC[NH+]1CCOCC1. The molecular weight excluding hydrogens is 256 g/mol. The van der Waals surface area contributed by atoms with Gasteiger partial charge in [0.1, 0.15) is 18.8 Å². The van der Waals surface area contributed by atoms with Gasteiger partial charge in [-0.2, -0.15) is 0 Å². The van der Waals surface area contributed by atoms with E-state index in [9.17, 15) is 4.79 Å². The van der Waals surface area contributed by atoms with Gasteiger partial charge in [-0.05, 0) is 24.6 Å². The summed E-state index contributed by atoms with van der Waals surface area (Å²) in [6.45, 7) is 6.41. The number of methoxy groups -OCH3 is 1. The highest BCUT2D eigenvalue weighted by Crippen LogP contribution is 2.25. The molecule has 0 bridgehead atoms. The molecule has 1 saturated heterocycles. The number of aryl methyl sites for hydroxylation is 1. The summed E-state index contributed by atoms with van der Waals surface area (Å²) in [6, 6.07) is 5.77. The van der Waals surface area contributed by atoms with Gasteiger partial charge >= 0.3 is 0 Å². The number of rotatable bonds is 5. The van der Waals surface area contributed by atoms with Gasteiger partial charge in [0.25, 0.3) is 0 Å². The fourth-order valence-electron chi connectivity index (χ4n) is 2.33. The molecule has 5 heteroatoms. The number of quaternary nitrogens is 1. The summed E-state index contributed by atoms with van der Waals surface area (Å²) in [4.78, 5) is 13.5. The Morgan fingerprint density at radius 3 is 2.85 bits per heavy atom. The summed E-state index contributed by atoms with van der Waals surface area (Å²) in [5.41, 5.74) is 1.84. The second-order valence-electron chi connectivity index (χ2n) is 5.11. The fourth-order valence-corrected chi connectivity index (χ4v) is 2.33. The molecule has 2 N–H and O–H groups in total. The van der Waals surface area contributed by atoms with Crippen molar-refractivity contribution in [3.63, 3.8) is 0 Å². The van der Waals surface area contributed by atoms with Crippen LogP contribution in [0.4, 0.5) is 5.69 Å². The lowest BCUT2D eigenvalue weighted by molar-refractivity contribution is -0.907. The Bertz CT molecular complexity index is 456. The van der Waals surface area contributed by atoms with E-state index in [1.165, 1.54) is 4.90 Å². The molecule has 1 amide bonds. The summed E-state index contributed by atoms with van der Waals surface area (Å²) < 4.78 is 10.6. The molecule has 2 rings (SSSR count). The van der Waals surface area contributed by atoms with Crippen molar-refractivity contribution in [2.24, 2.45) is 0 Å². The minimum atomic E-state index is 0.0351. The molecule has 5 nitrogen and oxygen atoms in total. The highest BCUT2D eigenvalue weighted by molar-refractivity contribution is 5.92. The van der Waals surface area contributed by atoms with E-state index in [4.69, 9.17) is 9.47 Å². The molecule has 1 aromatic rings. The van der Waals surface area contributed by atoms with E-state index in [-0.39, 0.29) is 5.91 Å². The second kappa shape index (κ2) is 7.26. The first-order valence-corrected chi connectivity index (χ1v) is 7.05. The largest absolute Gasteiger partial charge is 0.495 e. The number of morpholine rings is 1. The van der Waals surface area contributed by atoms with E-state index in [2.05, 4.69) is 5.32 Å². The molecule has 1 heterocycles. The zero-order valence-electron chi connectivity index (χ0n) is 12.2. The van der Waals surface area contributed by atoms with Crippen molar-refractivity contribution < 1.29 is 19.2 Å². The molecule has 20 heavy (non-hydrogen) atoms. The summed E-state index contributed by atoms with van der Waals surface area (Å²) in [5.74, 6) is 0.732. The number of hydrogen-bond donors (Lipinski definition) is 2. The number of carbonyl (C=O) groups excluding carboxylic acids is 1. The van der Waals surface area contributed by atoms with Gasteiger partial charge in [0.15, 0.2) is 0 Å². The van der Waals surface area contributed by atoms with E-state index in [1.54, 1.807) is 7.11 Å². The monoisotopic (exact) mass is 279 g/mol. The lowest BCUT2D eigenvalue weighted by atomic mass is 10.2. The van der Waals surface area contributed by atoms with E-state index in [0.29, 0.717) is 12.2 Å². The average molecular weight is 279 g/mol. The molecule has 1 aromatic carbocycles. The molecule has 0 radical (unpaired) electrons. The third kappa shape index (κ3) is 4.21. The topological polar surface area (TPSA) is 52.0 Å². The van der Waals surface area contributed by atoms with E-state index >= 15 is 0 Å². The third-order valence-corrected chi connectivity index (χ3v) is 3.53. The van der Waals surface area contributed by atoms with Crippen molar-refractivity contribution in [1.82, 2.24) is 0 Å². The number of benzene rings is 1. The van der Waals surface area contributed by atoms with Crippen molar-refractivity contribution in [3.05, 3.63) is 23.8 Å². The van der Waals surface area contributed by atoms with Crippen LogP contribution in [0.25, 0.3) is 0 Å². The molecule has 0 unspecified atom stereocenters. The van der Waals surface area contributed by atoms with E-state index in [0.717, 1.165) is 44.1 Å². The van der Waals surface area contributed by atoms with Crippen LogP contribution < -0.4 is 15.0 Å². The van der Waals surface area contributed by atoms with E-state index < -0.39 is 0 Å². The normalized spacial score (nSPS) is 15.9. The van der Waals surface area contributed by atoms with Crippen LogP contribution in [0, 0.1) is 6.92 Å². The lowest BCUT2D eigenvalue weighted by Gasteiger charge is -2.23. The quantitative estimate of drug-likeness (QED) is 0.812. The molecule has 1 aliphatic heterocycles. The second-order valence-corrected chi connectivity index (χ2v) is 5.11. The predicted molar refractivity (Wildman–Crippen MR) is 77.4 cm³/mol. The van der Waals surface area contributed by atoms with Crippen LogP contribution in [-0.4, -0.2) is 45.9 Å². The Kier molecular flexibility index (Phi) is 5.38. The summed E-state index contributed by atoms with van der Waals surface area (Å²) in [6.07, 6.45) is 0.520. The predicted octanol–water partition coefficient (Wildman–Crippen LogP) is 0.247. The van der Waals surface area contributed by atoms with Crippen molar-refractivity contribution >= 4 is 11.6 Å². The fraction of sp³-hybridized carbons (Fsp3) is 0.533. The first-order chi connectivity index (χ1) is 9.69. The maximum Gasteiger partial charge on any atom is 0.230 e. The van der Waals surface area contributed by atoms with Crippen molar-refractivity contribution in [3.8, 4) is 5.75 Å². The van der Waals surface area contributed by atoms with Crippen molar-refractivity contribution in [1.29, 1.82) is 0 Å². The van der Waals surface area contributed by atoms with Crippen LogP contribution in [0.15, 0.2) is 18.2 Å². The smallest absolute Gasteiger partial charge is 0.230 e. The van der Waals surface area contributed by atoms with Gasteiger partial charge in [0.05, 0.1) is 39.0 Å². The summed E-state index contributed by atoms with van der Waals surface area (Å²) in [7, 11) is 1.61. The van der Waals surface area contributed by atoms with Crippen LogP contribution in [0.1, 0.15) is 12.0 Å². The Balaban J connectivity index is 1.86. The molecule has 0 saturated carbocycles. The maximum absolute atomic E-state index is 12.0. The maximum atomic E-state index is 12.0. The van der Waals surface area contributed by atoms with Gasteiger partial charge in [-0.15, -0.1) is 0 Å². The highest BCUT2D eigenvalue weighted by atomic mass is 16.5. The molecule has 0 spiro atoms. The number of nitrogens with one attached hydrogen (secondary N) is 2. The van der Waals surface area contributed by atoms with Crippen molar-refractivity contribution in [2.75, 3.05) is 45.3 Å². The Labute approximate surface area is 119 Å². The van der Waals surface area contributed by atoms with Gasteiger partial charge in [0.2, 0.25) is 5.91 Å². The van der Waals surface area contributed by atoms with Crippen LogP contribution in [0.3, 0.4) is 0 Å². The molecule has 110 valence electrons. The summed E-state index contributed by atoms with van der Waals surface area (Å²) >= 11 is 0. The van der Waals surface area contributed by atoms with Crippen LogP contribution >= 0.6 is 0 Å². The first-order valence-electron chi connectivity index (χ1n) is 7.05. The Hall–Kier alpha value is -1.59. The zero-order valence-corrected chi connectivity index (χ0v) is 12.2. The molecule has 0 atom stereocenters. The van der Waals surface area contributed by atoms with Crippen LogP contribution in [0.5, 0.6) is 5.75 Å². The minimum Gasteiger partial charge on any atom is -0.495 e. The molecular formula is C15H23N2O3+. The number of carbonyl (C=O) groups is 1. The Morgan fingerprint density at radius 2 is 2.15 bits per heavy atom. The molecule has 0 aromatic heterocycles. The van der Waals surface area contributed by atoms with Gasteiger partial charge in [0, 0.05) is 0 Å². The first kappa shape index (κ1) is 14.8. The lowest BCUT2D eigenvalue weighted by Crippen LogP contribution is -3.14. The summed E-state index contributed by atoms with van der Waals surface area (Å²) in [5, 5.41) is 2.93. The average Bonchev–Trinajstić information content (AvgIpc) is 2.46. The van der Waals surface area contributed by atoms with Crippen LogP contribution in [-0.2, 0) is 9.53 Å². The molecule has 1 aliphatic rings. The zero-order chi connectivity index (χ0) is 14.4.